The highest BCUT2D eigenvalue weighted by molar-refractivity contribution is 5.45. The molecule has 4 heteroatoms. The maximum absolute atomic E-state index is 9.36. The van der Waals surface area contributed by atoms with E-state index < -0.39 is 0 Å². The van der Waals surface area contributed by atoms with Gasteiger partial charge in [-0.3, -0.25) is 0 Å². The number of phenols is 1. The average Bonchev–Trinajstić information content (AvgIpc) is 2.46. The number of hydrogen-bond donors (Lipinski definition) is 1. The molecule has 1 N–H and O–H groups in total. The zero-order valence-corrected chi connectivity index (χ0v) is 10.9. The molecule has 0 aromatic heterocycles. The fourth-order valence-corrected chi connectivity index (χ4v) is 1.66. The molecule has 0 radical (unpaired) electrons. The molecule has 2 aromatic carbocycles. The van der Waals surface area contributed by atoms with Crippen molar-refractivity contribution in [1.82, 2.24) is 0 Å². The van der Waals surface area contributed by atoms with Crippen molar-refractivity contribution in [3.63, 3.8) is 0 Å². The van der Waals surface area contributed by atoms with Crippen molar-refractivity contribution >= 4 is 0 Å². The van der Waals surface area contributed by atoms with E-state index in [-0.39, 0.29) is 5.75 Å². The SMILES string of the molecule is COc1ccc(COc2ccc(O)cc2OC)cc1. The monoisotopic (exact) mass is 260 g/mol. The predicted molar refractivity (Wildman–Crippen MR) is 72.0 cm³/mol. The first-order valence-corrected chi connectivity index (χ1v) is 5.85. The normalized spacial score (nSPS) is 10.0. The molecule has 0 unspecified atom stereocenters. The zero-order chi connectivity index (χ0) is 13.7. The lowest BCUT2D eigenvalue weighted by Crippen LogP contribution is -1.97. The van der Waals surface area contributed by atoms with E-state index in [0.717, 1.165) is 11.3 Å². The summed E-state index contributed by atoms with van der Waals surface area (Å²) in [5.41, 5.74) is 1.02. The highest BCUT2D eigenvalue weighted by atomic mass is 16.5. The third kappa shape index (κ3) is 3.31. The van der Waals surface area contributed by atoms with Crippen molar-refractivity contribution in [3.8, 4) is 23.0 Å². The summed E-state index contributed by atoms with van der Waals surface area (Å²) in [5.74, 6) is 2.06. The van der Waals surface area contributed by atoms with Gasteiger partial charge in [0, 0.05) is 6.07 Å². The van der Waals surface area contributed by atoms with E-state index in [2.05, 4.69) is 0 Å². The molecule has 0 atom stereocenters. The summed E-state index contributed by atoms with van der Waals surface area (Å²) >= 11 is 0. The van der Waals surface area contributed by atoms with Crippen LogP contribution in [0.25, 0.3) is 0 Å². The lowest BCUT2D eigenvalue weighted by Gasteiger charge is -2.11. The van der Waals surface area contributed by atoms with Gasteiger partial charge in [0.05, 0.1) is 14.2 Å². The Morgan fingerprint density at radius 1 is 0.895 bits per heavy atom. The third-order valence-electron chi connectivity index (χ3n) is 2.70. The van der Waals surface area contributed by atoms with E-state index in [1.165, 1.54) is 13.2 Å². The second-order valence-corrected chi connectivity index (χ2v) is 3.97. The molecule has 0 amide bonds. The van der Waals surface area contributed by atoms with E-state index in [1.54, 1.807) is 19.2 Å². The highest BCUT2D eigenvalue weighted by Crippen LogP contribution is 2.31. The van der Waals surface area contributed by atoms with Crippen LogP contribution in [-0.2, 0) is 6.61 Å². The molecular weight excluding hydrogens is 244 g/mol. The molecule has 0 fully saturated rings. The molecule has 0 aliphatic heterocycles. The number of aromatic hydroxyl groups is 1. The first kappa shape index (κ1) is 13.1. The van der Waals surface area contributed by atoms with Crippen LogP contribution in [0.5, 0.6) is 23.0 Å². The Hall–Kier alpha value is -2.36. The van der Waals surface area contributed by atoms with Gasteiger partial charge in [0.1, 0.15) is 18.1 Å². The summed E-state index contributed by atoms with van der Waals surface area (Å²) in [6, 6.07) is 12.4. The van der Waals surface area contributed by atoms with Crippen LogP contribution in [0, 0.1) is 0 Å². The Balaban J connectivity index is 2.05. The zero-order valence-electron chi connectivity index (χ0n) is 10.9. The van der Waals surface area contributed by atoms with Crippen LogP contribution in [-0.4, -0.2) is 19.3 Å². The number of hydrogen-bond acceptors (Lipinski definition) is 4. The minimum atomic E-state index is 0.147. The van der Waals surface area contributed by atoms with Crippen LogP contribution in [0.3, 0.4) is 0 Å². The van der Waals surface area contributed by atoms with Crippen LogP contribution in [0.15, 0.2) is 42.5 Å². The van der Waals surface area contributed by atoms with E-state index in [1.807, 2.05) is 24.3 Å². The van der Waals surface area contributed by atoms with E-state index in [9.17, 15) is 5.11 Å². The van der Waals surface area contributed by atoms with Crippen molar-refractivity contribution in [3.05, 3.63) is 48.0 Å². The molecule has 2 rings (SSSR count). The minimum absolute atomic E-state index is 0.147. The maximum Gasteiger partial charge on any atom is 0.164 e. The Labute approximate surface area is 112 Å². The Morgan fingerprint density at radius 2 is 1.63 bits per heavy atom. The second kappa shape index (κ2) is 6.00. The fraction of sp³-hybridized carbons (Fsp3) is 0.200. The van der Waals surface area contributed by atoms with Gasteiger partial charge in [0.15, 0.2) is 11.5 Å². The second-order valence-electron chi connectivity index (χ2n) is 3.97. The molecule has 0 aliphatic carbocycles. The van der Waals surface area contributed by atoms with Gasteiger partial charge in [-0.1, -0.05) is 12.1 Å². The number of ether oxygens (including phenoxy) is 3. The Kier molecular flexibility index (Phi) is 4.13. The molecule has 2 aromatic rings. The average molecular weight is 260 g/mol. The predicted octanol–water partition coefficient (Wildman–Crippen LogP) is 2.99. The molecular formula is C15H16O4. The maximum atomic E-state index is 9.36. The lowest BCUT2D eigenvalue weighted by molar-refractivity contribution is 0.283. The van der Waals surface area contributed by atoms with Gasteiger partial charge in [0.25, 0.3) is 0 Å². The van der Waals surface area contributed by atoms with Crippen molar-refractivity contribution in [1.29, 1.82) is 0 Å². The Morgan fingerprint density at radius 3 is 2.26 bits per heavy atom. The molecule has 4 nitrogen and oxygen atoms in total. The van der Waals surface area contributed by atoms with Gasteiger partial charge in [-0.25, -0.2) is 0 Å². The summed E-state index contributed by atoms with van der Waals surface area (Å²) in [6.45, 7) is 0.422. The van der Waals surface area contributed by atoms with Gasteiger partial charge >= 0.3 is 0 Å². The van der Waals surface area contributed by atoms with Crippen molar-refractivity contribution < 1.29 is 19.3 Å². The van der Waals surface area contributed by atoms with Crippen LogP contribution >= 0.6 is 0 Å². The van der Waals surface area contributed by atoms with Gasteiger partial charge < -0.3 is 19.3 Å². The number of benzene rings is 2. The standard InChI is InChI=1S/C15H16O4/c1-17-13-6-3-11(4-7-13)10-19-14-8-5-12(16)9-15(14)18-2/h3-9,16H,10H2,1-2H3. The summed E-state index contributed by atoms with van der Waals surface area (Å²) in [7, 11) is 3.17. The minimum Gasteiger partial charge on any atom is -0.508 e. The van der Waals surface area contributed by atoms with Crippen LogP contribution in [0.1, 0.15) is 5.56 Å². The summed E-state index contributed by atoms with van der Waals surface area (Å²) in [4.78, 5) is 0. The number of rotatable bonds is 5. The lowest BCUT2D eigenvalue weighted by atomic mass is 10.2. The summed E-state index contributed by atoms with van der Waals surface area (Å²) < 4.78 is 15.9. The van der Waals surface area contributed by atoms with Gasteiger partial charge in [0.2, 0.25) is 0 Å². The van der Waals surface area contributed by atoms with Crippen molar-refractivity contribution in [2.24, 2.45) is 0 Å². The van der Waals surface area contributed by atoms with Crippen molar-refractivity contribution in [2.75, 3.05) is 14.2 Å². The summed E-state index contributed by atoms with van der Waals surface area (Å²) in [6.07, 6.45) is 0. The van der Waals surface area contributed by atoms with Crippen LogP contribution in [0.4, 0.5) is 0 Å². The fourth-order valence-electron chi connectivity index (χ4n) is 1.66. The first-order chi connectivity index (χ1) is 9.22. The topological polar surface area (TPSA) is 47.9 Å². The largest absolute Gasteiger partial charge is 0.508 e. The molecule has 100 valence electrons. The molecule has 0 saturated carbocycles. The van der Waals surface area contributed by atoms with Crippen LogP contribution < -0.4 is 14.2 Å². The Bertz CT molecular complexity index is 534. The molecule has 0 aliphatic rings. The smallest absolute Gasteiger partial charge is 0.164 e. The first-order valence-electron chi connectivity index (χ1n) is 5.85. The van der Waals surface area contributed by atoms with E-state index in [4.69, 9.17) is 14.2 Å². The van der Waals surface area contributed by atoms with Gasteiger partial charge in [-0.2, -0.15) is 0 Å². The van der Waals surface area contributed by atoms with Gasteiger partial charge in [-0.15, -0.1) is 0 Å². The molecule has 0 spiro atoms. The quantitative estimate of drug-likeness (QED) is 0.897. The number of phenolic OH excluding ortho intramolecular Hbond substituents is 1. The van der Waals surface area contributed by atoms with E-state index in [0.29, 0.717) is 18.1 Å². The van der Waals surface area contributed by atoms with E-state index >= 15 is 0 Å². The summed E-state index contributed by atoms with van der Waals surface area (Å²) in [5, 5.41) is 9.36. The van der Waals surface area contributed by atoms with Gasteiger partial charge in [-0.05, 0) is 29.8 Å². The molecule has 0 saturated heterocycles. The molecule has 19 heavy (non-hydrogen) atoms. The third-order valence-corrected chi connectivity index (χ3v) is 2.70. The van der Waals surface area contributed by atoms with Crippen molar-refractivity contribution in [2.45, 2.75) is 6.61 Å². The molecule has 0 heterocycles. The molecule has 0 bridgehead atoms. The van der Waals surface area contributed by atoms with Crippen LogP contribution in [0.2, 0.25) is 0 Å². The number of methoxy groups -OCH3 is 2. The highest BCUT2D eigenvalue weighted by Gasteiger charge is 2.05.